The number of rotatable bonds is 1. The Hall–Kier alpha value is -0.580. The van der Waals surface area contributed by atoms with Gasteiger partial charge in [0.1, 0.15) is 0 Å². The first kappa shape index (κ1) is 11.9. The van der Waals surface area contributed by atoms with Gasteiger partial charge in [-0.1, -0.05) is 15.9 Å². The van der Waals surface area contributed by atoms with Crippen LogP contribution in [0.4, 0.5) is 5.69 Å². The van der Waals surface area contributed by atoms with E-state index in [4.69, 9.17) is 0 Å². The molecule has 0 spiro atoms. The normalized spacial score (nSPS) is 21.9. The Morgan fingerprint density at radius 2 is 2.31 bits per heavy atom. The molecule has 1 aliphatic heterocycles. The molecule has 0 aromatic heterocycles. The minimum atomic E-state index is -0.287. The summed E-state index contributed by atoms with van der Waals surface area (Å²) in [5.41, 5.74) is 2.45. The zero-order chi connectivity index (χ0) is 11.5. The van der Waals surface area contributed by atoms with Crippen LogP contribution in [0.5, 0.6) is 0 Å². The van der Waals surface area contributed by atoms with E-state index in [0.717, 1.165) is 17.6 Å². The first-order chi connectivity index (χ1) is 7.66. The molecular formula is C12H17BrN2O. The second kappa shape index (κ2) is 5.17. The Morgan fingerprint density at radius 1 is 1.50 bits per heavy atom. The number of nitrogens with one attached hydrogen (secondary N) is 1. The number of halogens is 1. The molecule has 1 saturated heterocycles. The van der Waals surface area contributed by atoms with Crippen molar-refractivity contribution >= 4 is 21.6 Å². The molecule has 0 saturated carbocycles. The Labute approximate surface area is 105 Å². The van der Waals surface area contributed by atoms with Crippen LogP contribution in [0, 0.1) is 6.92 Å². The summed E-state index contributed by atoms with van der Waals surface area (Å²) in [6, 6.07) is 6.27. The third kappa shape index (κ3) is 2.75. The summed E-state index contributed by atoms with van der Waals surface area (Å²) >= 11 is 3.47. The van der Waals surface area contributed by atoms with Crippen molar-refractivity contribution in [2.45, 2.75) is 13.0 Å². The number of β-amino-alcohol motifs (C(OH)–C–C–N with tert-alkyl or cyclic N) is 1. The van der Waals surface area contributed by atoms with Crippen molar-refractivity contribution < 1.29 is 5.11 Å². The monoisotopic (exact) mass is 284 g/mol. The van der Waals surface area contributed by atoms with E-state index >= 15 is 0 Å². The number of aliphatic hydroxyl groups excluding tert-OH is 1. The third-order valence-corrected chi connectivity index (χ3v) is 3.36. The van der Waals surface area contributed by atoms with Crippen molar-refractivity contribution in [3.05, 3.63) is 28.2 Å². The minimum absolute atomic E-state index is 0.287. The van der Waals surface area contributed by atoms with E-state index in [-0.39, 0.29) is 6.10 Å². The lowest BCUT2D eigenvalue weighted by Crippen LogP contribution is -2.33. The molecule has 1 aromatic rings. The van der Waals surface area contributed by atoms with Gasteiger partial charge in [0, 0.05) is 36.3 Å². The fraction of sp³-hybridized carbons (Fsp3) is 0.500. The Kier molecular flexibility index (Phi) is 3.84. The Bertz CT molecular complexity index is 370. The SMILES string of the molecule is Cc1cc(Br)ccc1N1CCNCC(O)C1. The molecule has 16 heavy (non-hydrogen) atoms. The lowest BCUT2D eigenvalue weighted by atomic mass is 10.1. The fourth-order valence-corrected chi connectivity index (χ4v) is 2.56. The number of aliphatic hydroxyl groups is 1. The zero-order valence-electron chi connectivity index (χ0n) is 9.41. The summed E-state index contributed by atoms with van der Waals surface area (Å²) in [6.07, 6.45) is -0.287. The quantitative estimate of drug-likeness (QED) is 0.821. The number of benzene rings is 1. The second-order valence-electron chi connectivity index (χ2n) is 4.23. The van der Waals surface area contributed by atoms with Crippen LogP contribution in [-0.4, -0.2) is 37.4 Å². The highest BCUT2D eigenvalue weighted by Crippen LogP contribution is 2.24. The molecule has 1 unspecified atom stereocenters. The van der Waals surface area contributed by atoms with Gasteiger partial charge in [-0.15, -0.1) is 0 Å². The highest BCUT2D eigenvalue weighted by Gasteiger charge is 2.17. The van der Waals surface area contributed by atoms with E-state index in [1.54, 1.807) is 0 Å². The maximum Gasteiger partial charge on any atom is 0.0839 e. The number of aryl methyl sites for hydroxylation is 1. The molecule has 2 N–H and O–H groups in total. The van der Waals surface area contributed by atoms with Crippen molar-refractivity contribution in [1.29, 1.82) is 0 Å². The molecule has 1 aliphatic rings. The van der Waals surface area contributed by atoms with E-state index in [1.165, 1.54) is 11.3 Å². The lowest BCUT2D eigenvalue weighted by molar-refractivity contribution is 0.185. The average Bonchev–Trinajstić information content (AvgIpc) is 2.43. The summed E-state index contributed by atoms with van der Waals surface area (Å²) in [4.78, 5) is 2.24. The molecule has 88 valence electrons. The Balaban J connectivity index is 2.21. The van der Waals surface area contributed by atoms with Crippen molar-refractivity contribution in [1.82, 2.24) is 5.32 Å². The molecule has 2 rings (SSSR count). The van der Waals surface area contributed by atoms with E-state index < -0.39 is 0 Å². The molecule has 0 aliphatic carbocycles. The summed E-state index contributed by atoms with van der Waals surface area (Å²) in [6.45, 7) is 5.36. The van der Waals surface area contributed by atoms with Crippen molar-refractivity contribution in [3.63, 3.8) is 0 Å². The summed E-state index contributed by atoms with van der Waals surface area (Å²) in [7, 11) is 0. The molecule has 0 bridgehead atoms. The smallest absolute Gasteiger partial charge is 0.0839 e. The first-order valence-corrected chi connectivity index (χ1v) is 6.36. The van der Waals surface area contributed by atoms with Gasteiger partial charge < -0.3 is 15.3 Å². The van der Waals surface area contributed by atoms with Crippen LogP contribution in [0.1, 0.15) is 5.56 Å². The molecule has 1 aromatic carbocycles. The van der Waals surface area contributed by atoms with E-state index in [9.17, 15) is 5.11 Å². The van der Waals surface area contributed by atoms with Crippen LogP contribution >= 0.6 is 15.9 Å². The van der Waals surface area contributed by atoms with Gasteiger partial charge in [-0.2, -0.15) is 0 Å². The molecule has 1 atom stereocenters. The molecule has 4 heteroatoms. The Morgan fingerprint density at radius 3 is 3.06 bits per heavy atom. The molecule has 0 radical (unpaired) electrons. The van der Waals surface area contributed by atoms with Crippen LogP contribution in [0.2, 0.25) is 0 Å². The molecular weight excluding hydrogens is 268 g/mol. The molecule has 1 fully saturated rings. The zero-order valence-corrected chi connectivity index (χ0v) is 11.0. The summed E-state index contributed by atoms with van der Waals surface area (Å²) < 4.78 is 1.10. The van der Waals surface area contributed by atoms with E-state index in [1.807, 2.05) is 6.07 Å². The van der Waals surface area contributed by atoms with Gasteiger partial charge in [0.2, 0.25) is 0 Å². The van der Waals surface area contributed by atoms with Crippen LogP contribution in [0.15, 0.2) is 22.7 Å². The van der Waals surface area contributed by atoms with Crippen molar-refractivity contribution in [2.24, 2.45) is 0 Å². The maximum absolute atomic E-state index is 9.75. The topological polar surface area (TPSA) is 35.5 Å². The predicted molar refractivity (Wildman–Crippen MR) is 70.0 cm³/mol. The largest absolute Gasteiger partial charge is 0.390 e. The third-order valence-electron chi connectivity index (χ3n) is 2.87. The van der Waals surface area contributed by atoms with Gasteiger partial charge in [-0.25, -0.2) is 0 Å². The highest BCUT2D eigenvalue weighted by atomic mass is 79.9. The van der Waals surface area contributed by atoms with E-state index in [0.29, 0.717) is 13.1 Å². The summed E-state index contributed by atoms with van der Waals surface area (Å²) in [5, 5.41) is 13.0. The van der Waals surface area contributed by atoms with Gasteiger partial charge in [0.05, 0.1) is 6.10 Å². The average molecular weight is 285 g/mol. The number of hydrogen-bond acceptors (Lipinski definition) is 3. The van der Waals surface area contributed by atoms with Gasteiger partial charge in [0.25, 0.3) is 0 Å². The maximum atomic E-state index is 9.75. The fourth-order valence-electron chi connectivity index (χ4n) is 2.09. The van der Waals surface area contributed by atoms with Crippen LogP contribution in [-0.2, 0) is 0 Å². The van der Waals surface area contributed by atoms with Gasteiger partial charge in [-0.05, 0) is 30.7 Å². The summed E-state index contributed by atoms with van der Waals surface area (Å²) in [5.74, 6) is 0. The number of nitrogens with zero attached hydrogens (tertiary/aromatic N) is 1. The van der Waals surface area contributed by atoms with E-state index in [2.05, 4.69) is 45.2 Å². The predicted octanol–water partition coefficient (Wildman–Crippen LogP) is 1.53. The highest BCUT2D eigenvalue weighted by molar-refractivity contribution is 9.10. The first-order valence-electron chi connectivity index (χ1n) is 5.56. The van der Waals surface area contributed by atoms with Crippen LogP contribution in [0.3, 0.4) is 0 Å². The van der Waals surface area contributed by atoms with Gasteiger partial charge in [0.15, 0.2) is 0 Å². The van der Waals surface area contributed by atoms with Gasteiger partial charge in [-0.3, -0.25) is 0 Å². The lowest BCUT2D eigenvalue weighted by Gasteiger charge is -2.25. The van der Waals surface area contributed by atoms with Crippen LogP contribution < -0.4 is 10.2 Å². The van der Waals surface area contributed by atoms with Crippen LogP contribution in [0.25, 0.3) is 0 Å². The number of hydrogen-bond donors (Lipinski definition) is 2. The van der Waals surface area contributed by atoms with Crippen molar-refractivity contribution in [3.8, 4) is 0 Å². The standard InChI is InChI=1S/C12H17BrN2O/c1-9-6-10(13)2-3-12(9)15-5-4-14-7-11(16)8-15/h2-3,6,11,14,16H,4-5,7-8H2,1H3. The molecule has 3 nitrogen and oxygen atoms in total. The molecule has 1 heterocycles. The second-order valence-corrected chi connectivity index (χ2v) is 5.15. The molecule has 0 amide bonds. The van der Waals surface area contributed by atoms with Gasteiger partial charge >= 0.3 is 0 Å². The number of anilines is 1. The minimum Gasteiger partial charge on any atom is -0.390 e. The van der Waals surface area contributed by atoms with Crippen molar-refractivity contribution in [2.75, 3.05) is 31.1 Å².